The fraction of sp³-hybridized carbons (Fsp3) is 0.400. The van der Waals surface area contributed by atoms with Crippen LogP contribution in [0, 0.1) is 13.8 Å². The summed E-state index contributed by atoms with van der Waals surface area (Å²) in [5, 5.41) is 3.16. The molecule has 0 saturated carbocycles. The molecule has 0 bridgehead atoms. The van der Waals surface area contributed by atoms with Gasteiger partial charge in [-0.3, -0.25) is 5.84 Å². The van der Waals surface area contributed by atoms with Gasteiger partial charge < -0.3 is 10.1 Å². The van der Waals surface area contributed by atoms with Crippen LogP contribution in [0.25, 0.3) is 0 Å². The number of hydrogen-bond acceptors (Lipinski definition) is 4. The molecule has 0 spiro atoms. The Morgan fingerprint density at radius 2 is 2.00 bits per heavy atom. The molecule has 4 heteroatoms. The van der Waals surface area contributed by atoms with Gasteiger partial charge in [0.25, 0.3) is 0 Å². The summed E-state index contributed by atoms with van der Waals surface area (Å²) in [5.41, 5.74) is 5.87. The summed E-state index contributed by atoms with van der Waals surface area (Å²) >= 11 is 0. The Morgan fingerprint density at radius 1 is 1.29 bits per heavy atom. The molecule has 0 aliphatic rings. The highest BCUT2D eigenvalue weighted by atomic mass is 16.5. The molecule has 0 fully saturated rings. The number of ether oxygens (including phenoxy) is 1. The van der Waals surface area contributed by atoms with E-state index in [9.17, 15) is 0 Å². The highest BCUT2D eigenvalue weighted by molar-refractivity contribution is 5.56. The zero-order valence-corrected chi connectivity index (χ0v) is 8.85. The molecule has 0 aromatic heterocycles. The SMILES string of the molecule is COc1cc(C)c(NCNN)cc1C. The molecule has 0 amide bonds. The minimum atomic E-state index is 0.548. The molecule has 4 nitrogen and oxygen atoms in total. The van der Waals surface area contributed by atoms with Gasteiger partial charge in [0.2, 0.25) is 0 Å². The number of benzene rings is 1. The van der Waals surface area contributed by atoms with Crippen LogP contribution >= 0.6 is 0 Å². The van der Waals surface area contributed by atoms with Gasteiger partial charge in [0.05, 0.1) is 13.8 Å². The predicted octanol–water partition coefficient (Wildman–Crippen LogP) is 1.14. The maximum atomic E-state index is 5.22. The average molecular weight is 195 g/mol. The number of anilines is 1. The van der Waals surface area contributed by atoms with Gasteiger partial charge in [0, 0.05) is 5.69 Å². The molecule has 0 unspecified atom stereocenters. The highest BCUT2D eigenvalue weighted by Crippen LogP contribution is 2.25. The smallest absolute Gasteiger partial charge is 0.122 e. The van der Waals surface area contributed by atoms with Crippen molar-refractivity contribution in [1.82, 2.24) is 5.43 Å². The van der Waals surface area contributed by atoms with Crippen LogP contribution in [0.1, 0.15) is 11.1 Å². The Kier molecular flexibility index (Phi) is 3.73. The normalized spacial score (nSPS) is 10.0. The second-order valence-electron chi connectivity index (χ2n) is 3.19. The second-order valence-corrected chi connectivity index (χ2v) is 3.19. The lowest BCUT2D eigenvalue weighted by Gasteiger charge is -2.12. The molecule has 0 atom stereocenters. The fourth-order valence-electron chi connectivity index (χ4n) is 1.35. The summed E-state index contributed by atoms with van der Waals surface area (Å²) < 4.78 is 5.22. The van der Waals surface area contributed by atoms with Crippen molar-refractivity contribution < 1.29 is 4.74 Å². The molecular formula is C10H17N3O. The first-order chi connectivity index (χ1) is 6.69. The monoisotopic (exact) mass is 195 g/mol. The number of nitrogens with one attached hydrogen (secondary N) is 2. The summed E-state index contributed by atoms with van der Waals surface area (Å²) in [7, 11) is 1.68. The summed E-state index contributed by atoms with van der Waals surface area (Å²) in [6, 6.07) is 4.06. The van der Waals surface area contributed by atoms with Gasteiger partial charge in [-0.2, -0.15) is 0 Å². The molecule has 0 radical (unpaired) electrons. The van der Waals surface area contributed by atoms with E-state index in [2.05, 4.69) is 10.7 Å². The molecule has 0 heterocycles. The Labute approximate surface area is 84.4 Å². The molecule has 1 aromatic rings. The lowest BCUT2D eigenvalue weighted by atomic mass is 10.1. The van der Waals surface area contributed by atoms with Gasteiger partial charge in [-0.05, 0) is 37.1 Å². The van der Waals surface area contributed by atoms with Crippen molar-refractivity contribution >= 4 is 5.69 Å². The summed E-state index contributed by atoms with van der Waals surface area (Å²) in [4.78, 5) is 0. The number of nitrogens with two attached hydrogens (primary N) is 1. The van der Waals surface area contributed by atoms with Crippen LogP contribution in [0.5, 0.6) is 5.75 Å². The lowest BCUT2D eigenvalue weighted by Crippen LogP contribution is -2.28. The molecule has 14 heavy (non-hydrogen) atoms. The van der Waals surface area contributed by atoms with E-state index in [1.54, 1.807) is 7.11 Å². The van der Waals surface area contributed by atoms with Crippen LogP contribution in [0.2, 0.25) is 0 Å². The van der Waals surface area contributed by atoms with Crippen LogP contribution in [0.4, 0.5) is 5.69 Å². The van der Waals surface area contributed by atoms with Crippen molar-refractivity contribution in [3.63, 3.8) is 0 Å². The van der Waals surface area contributed by atoms with Crippen LogP contribution in [-0.4, -0.2) is 13.8 Å². The quantitative estimate of drug-likeness (QED) is 0.383. The Balaban J connectivity index is 2.90. The lowest BCUT2D eigenvalue weighted by molar-refractivity contribution is 0.411. The summed E-state index contributed by atoms with van der Waals surface area (Å²) in [6.45, 7) is 4.59. The van der Waals surface area contributed by atoms with Crippen LogP contribution in [0.15, 0.2) is 12.1 Å². The van der Waals surface area contributed by atoms with Gasteiger partial charge >= 0.3 is 0 Å². The first-order valence-corrected chi connectivity index (χ1v) is 4.51. The molecule has 1 rings (SSSR count). The predicted molar refractivity (Wildman–Crippen MR) is 58.3 cm³/mol. The minimum absolute atomic E-state index is 0.548. The van der Waals surface area contributed by atoms with Crippen molar-refractivity contribution in [1.29, 1.82) is 0 Å². The number of methoxy groups -OCH3 is 1. The molecular weight excluding hydrogens is 178 g/mol. The highest BCUT2D eigenvalue weighted by Gasteiger charge is 2.03. The molecule has 4 N–H and O–H groups in total. The summed E-state index contributed by atoms with van der Waals surface area (Å²) in [5.74, 6) is 6.09. The largest absolute Gasteiger partial charge is 0.496 e. The van der Waals surface area contributed by atoms with Crippen molar-refractivity contribution in [3.8, 4) is 5.75 Å². The van der Waals surface area contributed by atoms with Gasteiger partial charge in [0.1, 0.15) is 5.75 Å². The second kappa shape index (κ2) is 4.83. The third kappa shape index (κ3) is 2.37. The van der Waals surface area contributed by atoms with Crippen molar-refractivity contribution in [3.05, 3.63) is 23.3 Å². The molecule has 0 aliphatic carbocycles. The maximum absolute atomic E-state index is 5.22. The topological polar surface area (TPSA) is 59.3 Å². The standard InChI is InChI=1S/C10H17N3O/c1-7-5-10(14-3)8(2)4-9(7)12-6-13-11/h4-5,12-13H,6,11H2,1-3H3. The zero-order valence-electron chi connectivity index (χ0n) is 8.85. The van der Waals surface area contributed by atoms with E-state index in [0.29, 0.717) is 6.67 Å². The third-order valence-corrected chi connectivity index (χ3v) is 2.12. The fourth-order valence-corrected chi connectivity index (χ4v) is 1.35. The van der Waals surface area contributed by atoms with E-state index in [4.69, 9.17) is 10.6 Å². The van der Waals surface area contributed by atoms with E-state index in [0.717, 1.165) is 22.6 Å². The van der Waals surface area contributed by atoms with E-state index in [1.165, 1.54) is 0 Å². The Bertz CT molecular complexity index is 312. The van der Waals surface area contributed by atoms with Gasteiger partial charge in [-0.25, -0.2) is 5.43 Å². The first-order valence-electron chi connectivity index (χ1n) is 4.51. The van der Waals surface area contributed by atoms with E-state index in [1.807, 2.05) is 26.0 Å². The van der Waals surface area contributed by atoms with Crippen LogP contribution in [-0.2, 0) is 0 Å². The number of aryl methyl sites for hydroxylation is 2. The number of hydrazine groups is 1. The van der Waals surface area contributed by atoms with Crippen molar-refractivity contribution in [2.75, 3.05) is 19.1 Å². The van der Waals surface area contributed by atoms with E-state index in [-0.39, 0.29) is 0 Å². The van der Waals surface area contributed by atoms with E-state index >= 15 is 0 Å². The van der Waals surface area contributed by atoms with E-state index < -0.39 is 0 Å². The van der Waals surface area contributed by atoms with Crippen molar-refractivity contribution in [2.45, 2.75) is 13.8 Å². The van der Waals surface area contributed by atoms with Gasteiger partial charge in [-0.1, -0.05) is 0 Å². The van der Waals surface area contributed by atoms with Crippen LogP contribution < -0.4 is 21.3 Å². The average Bonchev–Trinajstić information content (AvgIpc) is 2.18. The number of hydrogen-bond donors (Lipinski definition) is 3. The van der Waals surface area contributed by atoms with Gasteiger partial charge in [-0.15, -0.1) is 0 Å². The Morgan fingerprint density at radius 3 is 2.57 bits per heavy atom. The summed E-state index contributed by atoms with van der Waals surface area (Å²) in [6.07, 6.45) is 0. The van der Waals surface area contributed by atoms with Crippen LogP contribution in [0.3, 0.4) is 0 Å². The number of rotatable bonds is 4. The maximum Gasteiger partial charge on any atom is 0.122 e. The Hall–Kier alpha value is -1.26. The molecule has 78 valence electrons. The minimum Gasteiger partial charge on any atom is -0.496 e. The van der Waals surface area contributed by atoms with Crippen molar-refractivity contribution in [2.24, 2.45) is 5.84 Å². The molecule has 1 aromatic carbocycles. The zero-order chi connectivity index (χ0) is 10.6. The molecule has 0 aliphatic heterocycles. The van der Waals surface area contributed by atoms with Gasteiger partial charge in [0.15, 0.2) is 0 Å². The third-order valence-electron chi connectivity index (χ3n) is 2.12. The first kappa shape index (κ1) is 10.8. The molecule has 0 saturated heterocycles.